The highest BCUT2D eigenvalue weighted by Crippen LogP contribution is 2.34. The minimum atomic E-state index is 0.138. The lowest BCUT2D eigenvalue weighted by molar-refractivity contribution is 0.321. The summed E-state index contributed by atoms with van der Waals surface area (Å²) in [5, 5.41) is 0. The summed E-state index contributed by atoms with van der Waals surface area (Å²) in [6, 6.07) is 0. The number of halogens is 1. The average molecular weight is 142 g/mol. The van der Waals surface area contributed by atoms with Crippen LogP contribution in [-0.2, 0) is 0 Å². The van der Waals surface area contributed by atoms with Crippen molar-refractivity contribution in [3.05, 3.63) is 11.4 Å². The van der Waals surface area contributed by atoms with Crippen molar-refractivity contribution < 1.29 is 4.39 Å². The molecule has 0 aromatic heterocycles. The monoisotopic (exact) mass is 142 g/mol. The Bertz CT molecular complexity index is 158. The molecule has 1 aliphatic rings. The van der Waals surface area contributed by atoms with Crippen LogP contribution in [0.3, 0.4) is 0 Å². The third kappa shape index (κ3) is 1.23. The van der Waals surface area contributed by atoms with E-state index in [-0.39, 0.29) is 11.7 Å². The Hall–Kier alpha value is -0.330. The van der Waals surface area contributed by atoms with Crippen molar-refractivity contribution in [1.82, 2.24) is 0 Å². The first-order valence-corrected chi connectivity index (χ1v) is 3.98. The Morgan fingerprint density at radius 3 is 2.50 bits per heavy atom. The SMILES string of the molecule is CC1=C(F)C(C)C(C)CC1. The van der Waals surface area contributed by atoms with Gasteiger partial charge in [-0.05, 0) is 31.3 Å². The zero-order valence-electron chi connectivity index (χ0n) is 6.95. The zero-order valence-corrected chi connectivity index (χ0v) is 6.95. The Morgan fingerprint density at radius 1 is 1.40 bits per heavy atom. The molecular formula is C9H15F. The lowest BCUT2D eigenvalue weighted by atomic mass is 9.82. The molecule has 0 amide bonds. The molecule has 0 saturated heterocycles. The highest BCUT2D eigenvalue weighted by Gasteiger charge is 2.23. The molecule has 0 N–H and O–H groups in total. The van der Waals surface area contributed by atoms with Gasteiger partial charge >= 0.3 is 0 Å². The molecule has 0 aromatic carbocycles. The quantitative estimate of drug-likeness (QED) is 0.487. The highest BCUT2D eigenvalue weighted by atomic mass is 19.1. The van der Waals surface area contributed by atoms with Gasteiger partial charge in [0.2, 0.25) is 0 Å². The topological polar surface area (TPSA) is 0 Å². The first-order chi connectivity index (χ1) is 4.63. The largest absolute Gasteiger partial charge is 0.212 e. The van der Waals surface area contributed by atoms with Gasteiger partial charge in [-0.15, -0.1) is 0 Å². The summed E-state index contributed by atoms with van der Waals surface area (Å²) in [5.41, 5.74) is 0.964. The summed E-state index contributed by atoms with van der Waals surface area (Å²) >= 11 is 0. The van der Waals surface area contributed by atoms with Gasteiger partial charge in [-0.3, -0.25) is 0 Å². The van der Waals surface area contributed by atoms with E-state index in [0.717, 1.165) is 18.4 Å². The standard InChI is InChI=1S/C9H15F/c1-6-4-5-7(2)9(10)8(6)3/h6,8H,4-5H2,1-3H3. The minimum absolute atomic E-state index is 0.138. The minimum Gasteiger partial charge on any atom is -0.212 e. The van der Waals surface area contributed by atoms with E-state index in [0.29, 0.717) is 5.92 Å². The van der Waals surface area contributed by atoms with Gasteiger partial charge in [-0.2, -0.15) is 0 Å². The van der Waals surface area contributed by atoms with Crippen molar-refractivity contribution in [2.24, 2.45) is 11.8 Å². The molecule has 1 heteroatoms. The van der Waals surface area contributed by atoms with Crippen LogP contribution in [0.15, 0.2) is 11.4 Å². The third-order valence-corrected chi connectivity index (χ3v) is 2.64. The molecule has 1 aliphatic carbocycles. The molecule has 0 heterocycles. The molecule has 58 valence electrons. The van der Waals surface area contributed by atoms with Crippen LogP contribution in [0.1, 0.15) is 33.6 Å². The Labute approximate surface area is 62.1 Å². The van der Waals surface area contributed by atoms with Crippen LogP contribution in [0.5, 0.6) is 0 Å². The van der Waals surface area contributed by atoms with E-state index < -0.39 is 0 Å². The molecule has 0 radical (unpaired) electrons. The van der Waals surface area contributed by atoms with Gasteiger partial charge in [0.25, 0.3) is 0 Å². The molecule has 2 unspecified atom stereocenters. The van der Waals surface area contributed by atoms with Gasteiger partial charge in [-0.1, -0.05) is 13.8 Å². The first-order valence-electron chi connectivity index (χ1n) is 3.98. The fourth-order valence-corrected chi connectivity index (χ4v) is 1.45. The van der Waals surface area contributed by atoms with Crippen molar-refractivity contribution in [2.75, 3.05) is 0 Å². The summed E-state index contributed by atoms with van der Waals surface area (Å²) in [6.07, 6.45) is 2.11. The molecule has 1 rings (SSSR count). The number of hydrogen-bond acceptors (Lipinski definition) is 0. The third-order valence-electron chi connectivity index (χ3n) is 2.64. The van der Waals surface area contributed by atoms with E-state index in [1.807, 2.05) is 13.8 Å². The van der Waals surface area contributed by atoms with Crippen LogP contribution >= 0.6 is 0 Å². The van der Waals surface area contributed by atoms with Crippen LogP contribution in [0, 0.1) is 11.8 Å². The van der Waals surface area contributed by atoms with Gasteiger partial charge in [0.1, 0.15) is 5.83 Å². The molecule has 0 aromatic rings. The van der Waals surface area contributed by atoms with Crippen LogP contribution in [0.4, 0.5) is 4.39 Å². The predicted octanol–water partition coefficient (Wildman–Crippen LogP) is 3.30. The smallest absolute Gasteiger partial charge is 0.102 e. The molecule has 0 spiro atoms. The fourth-order valence-electron chi connectivity index (χ4n) is 1.45. The number of allylic oxidation sites excluding steroid dienone is 2. The lowest BCUT2D eigenvalue weighted by Gasteiger charge is -2.25. The van der Waals surface area contributed by atoms with Crippen molar-refractivity contribution in [1.29, 1.82) is 0 Å². The molecule has 0 fully saturated rings. The van der Waals surface area contributed by atoms with E-state index in [4.69, 9.17) is 0 Å². The molecule has 10 heavy (non-hydrogen) atoms. The number of hydrogen-bond donors (Lipinski definition) is 0. The van der Waals surface area contributed by atoms with Gasteiger partial charge in [0.05, 0.1) is 0 Å². The molecule has 2 atom stereocenters. The Balaban J connectivity index is 2.77. The highest BCUT2D eigenvalue weighted by molar-refractivity contribution is 5.12. The number of rotatable bonds is 0. The first kappa shape index (κ1) is 7.77. The fraction of sp³-hybridized carbons (Fsp3) is 0.778. The molecule has 0 nitrogen and oxygen atoms in total. The van der Waals surface area contributed by atoms with Gasteiger partial charge < -0.3 is 0 Å². The van der Waals surface area contributed by atoms with Crippen LogP contribution in [0.2, 0.25) is 0 Å². The van der Waals surface area contributed by atoms with E-state index in [9.17, 15) is 4.39 Å². The second-order valence-electron chi connectivity index (χ2n) is 3.43. The zero-order chi connectivity index (χ0) is 7.72. The van der Waals surface area contributed by atoms with Gasteiger partial charge in [0.15, 0.2) is 0 Å². The molecular weight excluding hydrogens is 127 g/mol. The van der Waals surface area contributed by atoms with E-state index in [1.54, 1.807) is 0 Å². The predicted molar refractivity (Wildman–Crippen MR) is 41.4 cm³/mol. The van der Waals surface area contributed by atoms with Crippen molar-refractivity contribution >= 4 is 0 Å². The summed E-state index contributed by atoms with van der Waals surface area (Å²) in [4.78, 5) is 0. The average Bonchev–Trinajstić information content (AvgIpc) is 1.93. The molecule has 0 saturated carbocycles. The van der Waals surface area contributed by atoms with Crippen molar-refractivity contribution in [3.8, 4) is 0 Å². The van der Waals surface area contributed by atoms with E-state index in [1.165, 1.54) is 0 Å². The van der Waals surface area contributed by atoms with Crippen LogP contribution in [0.25, 0.3) is 0 Å². The summed E-state index contributed by atoms with van der Waals surface area (Å²) < 4.78 is 13.1. The second kappa shape index (κ2) is 2.73. The second-order valence-corrected chi connectivity index (χ2v) is 3.43. The van der Waals surface area contributed by atoms with Crippen LogP contribution < -0.4 is 0 Å². The van der Waals surface area contributed by atoms with Crippen LogP contribution in [-0.4, -0.2) is 0 Å². The lowest BCUT2D eigenvalue weighted by Crippen LogP contribution is -2.14. The maximum atomic E-state index is 13.1. The van der Waals surface area contributed by atoms with Gasteiger partial charge in [0, 0.05) is 5.92 Å². The molecule has 0 bridgehead atoms. The maximum Gasteiger partial charge on any atom is 0.102 e. The Kier molecular flexibility index (Phi) is 2.12. The molecule has 0 aliphatic heterocycles. The normalized spacial score (nSPS) is 34.8. The van der Waals surface area contributed by atoms with Crippen molar-refractivity contribution in [2.45, 2.75) is 33.6 Å². The summed E-state index contributed by atoms with van der Waals surface area (Å²) in [7, 11) is 0. The van der Waals surface area contributed by atoms with E-state index in [2.05, 4.69) is 6.92 Å². The summed E-state index contributed by atoms with van der Waals surface area (Å²) in [6.45, 7) is 6.00. The maximum absolute atomic E-state index is 13.1. The van der Waals surface area contributed by atoms with Gasteiger partial charge in [-0.25, -0.2) is 4.39 Å². The van der Waals surface area contributed by atoms with E-state index >= 15 is 0 Å². The Morgan fingerprint density at radius 2 is 2.00 bits per heavy atom. The van der Waals surface area contributed by atoms with Crippen molar-refractivity contribution in [3.63, 3.8) is 0 Å². The summed E-state index contributed by atoms with van der Waals surface area (Å²) in [5.74, 6) is 0.830.